The molecule has 3 aromatic rings. The first kappa shape index (κ1) is 17.4. The van der Waals surface area contributed by atoms with Crippen LogP contribution in [0.5, 0.6) is 5.75 Å². The summed E-state index contributed by atoms with van der Waals surface area (Å²) >= 11 is 1.43. The average molecular weight is 360 g/mol. The van der Waals surface area contributed by atoms with Gasteiger partial charge in [-0.05, 0) is 48.9 Å². The number of rotatable bonds is 6. The van der Waals surface area contributed by atoms with Crippen LogP contribution in [0.2, 0.25) is 0 Å². The van der Waals surface area contributed by atoms with E-state index in [9.17, 15) is 9.90 Å². The third-order valence-corrected chi connectivity index (χ3v) is 4.87. The van der Waals surface area contributed by atoms with E-state index in [1.807, 2.05) is 50.4 Å². The maximum atomic E-state index is 11.9. The first-order valence-corrected chi connectivity index (χ1v) is 8.83. The van der Waals surface area contributed by atoms with Crippen LogP contribution in [0.15, 0.2) is 38.9 Å². The summed E-state index contributed by atoms with van der Waals surface area (Å²) < 4.78 is 12.0. The molecule has 7 heteroatoms. The SMILES string of the molecule is Cc1ccc(C)c(OCC(O)Cn2nc(-c3cccs3)oc2=O)c1C. The molecule has 0 amide bonds. The molecule has 132 valence electrons. The first-order chi connectivity index (χ1) is 12.0. The van der Waals surface area contributed by atoms with E-state index in [1.54, 1.807) is 0 Å². The van der Waals surface area contributed by atoms with Crippen LogP contribution in [-0.4, -0.2) is 27.6 Å². The van der Waals surface area contributed by atoms with E-state index in [2.05, 4.69) is 5.10 Å². The number of aromatic nitrogens is 2. The van der Waals surface area contributed by atoms with Gasteiger partial charge >= 0.3 is 5.76 Å². The maximum Gasteiger partial charge on any atom is 0.437 e. The van der Waals surface area contributed by atoms with Gasteiger partial charge in [-0.1, -0.05) is 18.2 Å². The second kappa shape index (κ2) is 7.25. The van der Waals surface area contributed by atoms with Crippen molar-refractivity contribution in [2.24, 2.45) is 0 Å². The van der Waals surface area contributed by atoms with Gasteiger partial charge in [-0.15, -0.1) is 16.4 Å². The topological polar surface area (TPSA) is 77.5 Å². The molecule has 0 radical (unpaired) electrons. The molecule has 0 fully saturated rings. The van der Waals surface area contributed by atoms with Crippen molar-refractivity contribution in [3.63, 3.8) is 0 Å². The van der Waals surface area contributed by atoms with Crippen molar-refractivity contribution in [2.75, 3.05) is 6.61 Å². The second-order valence-electron chi connectivity index (χ2n) is 5.95. The molecule has 0 bridgehead atoms. The Morgan fingerprint density at radius 3 is 2.76 bits per heavy atom. The fraction of sp³-hybridized carbons (Fsp3) is 0.333. The molecule has 0 saturated carbocycles. The van der Waals surface area contributed by atoms with Crippen LogP contribution >= 0.6 is 11.3 Å². The van der Waals surface area contributed by atoms with Gasteiger partial charge in [-0.2, -0.15) is 4.68 Å². The Bertz CT molecular complexity index is 912. The molecule has 0 aliphatic heterocycles. The van der Waals surface area contributed by atoms with Gasteiger partial charge in [0.05, 0.1) is 11.4 Å². The molecule has 25 heavy (non-hydrogen) atoms. The Hall–Kier alpha value is -2.38. The minimum Gasteiger partial charge on any atom is -0.490 e. The van der Waals surface area contributed by atoms with E-state index in [-0.39, 0.29) is 19.0 Å². The number of benzene rings is 1. The normalized spacial score (nSPS) is 12.3. The first-order valence-electron chi connectivity index (χ1n) is 7.95. The minimum absolute atomic E-state index is 0.0115. The quantitative estimate of drug-likeness (QED) is 0.731. The van der Waals surface area contributed by atoms with Crippen LogP contribution in [-0.2, 0) is 6.54 Å². The molecule has 2 heterocycles. The van der Waals surface area contributed by atoms with Crippen molar-refractivity contribution in [1.82, 2.24) is 9.78 Å². The van der Waals surface area contributed by atoms with Crippen molar-refractivity contribution in [1.29, 1.82) is 0 Å². The lowest BCUT2D eigenvalue weighted by Gasteiger charge is -2.16. The van der Waals surface area contributed by atoms with Gasteiger partial charge in [0, 0.05) is 0 Å². The molecule has 6 nitrogen and oxygen atoms in total. The number of hydrogen-bond donors (Lipinski definition) is 1. The van der Waals surface area contributed by atoms with Crippen molar-refractivity contribution in [2.45, 2.75) is 33.4 Å². The zero-order chi connectivity index (χ0) is 18.0. The van der Waals surface area contributed by atoms with Gasteiger partial charge in [0.25, 0.3) is 5.89 Å². The van der Waals surface area contributed by atoms with Crippen molar-refractivity contribution < 1.29 is 14.3 Å². The Morgan fingerprint density at radius 1 is 1.28 bits per heavy atom. The molecule has 3 rings (SSSR count). The molecule has 1 N–H and O–H groups in total. The number of aryl methyl sites for hydroxylation is 2. The van der Waals surface area contributed by atoms with Crippen molar-refractivity contribution >= 4 is 11.3 Å². The standard InChI is InChI=1S/C18H20N2O4S/c1-11-6-7-12(2)16(13(11)3)23-10-14(21)9-20-18(22)24-17(19-20)15-5-4-8-25-15/h4-8,14,21H,9-10H2,1-3H3. The summed E-state index contributed by atoms with van der Waals surface area (Å²) in [5, 5.41) is 16.2. The Kier molecular flexibility index (Phi) is 5.06. The van der Waals surface area contributed by atoms with Crippen molar-refractivity contribution in [3.8, 4) is 16.5 Å². The average Bonchev–Trinajstić information content (AvgIpc) is 3.22. The van der Waals surface area contributed by atoms with Gasteiger partial charge < -0.3 is 14.3 Å². The lowest BCUT2D eigenvalue weighted by Crippen LogP contribution is -2.29. The lowest BCUT2D eigenvalue weighted by atomic mass is 10.1. The highest BCUT2D eigenvalue weighted by molar-refractivity contribution is 7.13. The highest BCUT2D eigenvalue weighted by Gasteiger charge is 2.16. The van der Waals surface area contributed by atoms with Crippen LogP contribution in [0.3, 0.4) is 0 Å². The van der Waals surface area contributed by atoms with E-state index in [0.717, 1.165) is 32.0 Å². The Balaban J connectivity index is 1.67. The fourth-order valence-corrected chi connectivity index (χ4v) is 3.15. The molecule has 0 spiro atoms. The number of aliphatic hydroxyl groups excluding tert-OH is 1. The van der Waals surface area contributed by atoms with Crippen LogP contribution in [0.1, 0.15) is 16.7 Å². The fourth-order valence-electron chi connectivity index (χ4n) is 2.50. The zero-order valence-corrected chi connectivity index (χ0v) is 15.2. The van der Waals surface area contributed by atoms with Crippen LogP contribution < -0.4 is 10.5 Å². The molecule has 1 aromatic carbocycles. The predicted octanol–water partition coefficient (Wildman–Crippen LogP) is 2.93. The van der Waals surface area contributed by atoms with E-state index in [1.165, 1.54) is 11.3 Å². The van der Waals surface area contributed by atoms with E-state index in [0.29, 0.717) is 0 Å². The molecule has 0 saturated heterocycles. The summed E-state index contributed by atoms with van der Waals surface area (Å²) in [4.78, 5) is 12.7. The minimum atomic E-state index is -0.877. The van der Waals surface area contributed by atoms with E-state index >= 15 is 0 Å². The van der Waals surface area contributed by atoms with E-state index in [4.69, 9.17) is 9.15 Å². The largest absolute Gasteiger partial charge is 0.490 e. The summed E-state index contributed by atoms with van der Waals surface area (Å²) in [5.74, 6) is 0.440. The lowest BCUT2D eigenvalue weighted by molar-refractivity contribution is 0.0869. The molecule has 0 aliphatic rings. The summed E-state index contributed by atoms with van der Waals surface area (Å²) in [6, 6.07) is 7.70. The Morgan fingerprint density at radius 2 is 2.04 bits per heavy atom. The third kappa shape index (κ3) is 3.83. The molecule has 1 unspecified atom stereocenters. The smallest absolute Gasteiger partial charge is 0.437 e. The second-order valence-corrected chi connectivity index (χ2v) is 6.90. The summed E-state index contributed by atoms with van der Waals surface area (Å²) in [6.45, 7) is 6.04. The molecule has 0 aliphatic carbocycles. The van der Waals surface area contributed by atoms with E-state index < -0.39 is 11.9 Å². The van der Waals surface area contributed by atoms with Gasteiger partial charge in [0.2, 0.25) is 0 Å². The molecular weight excluding hydrogens is 340 g/mol. The maximum absolute atomic E-state index is 11.9. The molecular formula is C18H20N2O4S. The predicted molar refractivity (Wildman–Crippen MR) is 96.2 cm³/mol. The zero-order valence-electron chi connectivity index (χ0n) is 14.4. The molecule has 2 aromatic heterocycles. The summed E-state index contributed by atoms with van der Waals surface area (Å²) in [6.07, 6.45) is -0.877. The summed E-state index contributed by atoms with van der Waals surface area (Å²) in [5.41, 5.74) is 3.18. The third-order valence-electron chi connectivity index (χ3n) is 4.02. The van der Waals surface area contributed by atoms with Crippen LogP contribution in [0.25, 0.3) is 10.8 Å². The van der Waals surface area contributed by atoms with Crippen LogP contribution in [0.4, 0.5) is 0 Å². The van der Waals surface area contributed by atoms with Gasteiger partial charge in [-0.25, -0.2) is 4.79 Å². The number of nitrogens with zero attached hydrogens (tertiary/aromatic N) is 2. The number of aliphatic hydroxyl groups is 1. The Labute approximate surface area is 149 Å². The van der Waals surface area contributed by atoms with Crippen molar-refractivity contribution in [3.05, 3.63) is 56.9 Å². The molecule has 1 atom stereocenters. The highest BCUT2D eigenvalue weighted by Crippen LogP contribution is 2.26. The highest BCUT2D eigenvalue weighted by atomic mass is 32.1. The van der Waals surface area contributed by atoms with Gasteiger partial charge in [0.15, 0.2) is 0 Å². The number of thiophene rings is 1. The van der Waals surface area contributed by atoms with Crippen LogP contribution in [0, 0.1) is 20.8 Å². The monoisotopic (exact) mass is 360 g/mol. The van der Waals surface area contributed by atoms with Gasteiger partial charge in [-0.3, -0.25) is 0 Å². The van der Waals surface area contributed by atoms with Gasteiger partial charge in [0.1, 0.15) is 18.5 Å². The number of hydrogen-bond acceptors (Lipinski definition) is 6. The summed E-state index contributed by atoms with van der Waals surface area (Å²) in [7, 11) is 0. The number of ether oxygens (including phenoxy) is 1.